The summed E-state index contributed by atoms with van der Waals surface area (Å²) in [5, 5.41) is 9.08. The molecule has 19 heavy (non-hydrogen) atoms. The summed E-state index contributed by atoms with van der Waals surface area (Å²) in [5.74, 6) is -0.718. The van der Waals surface area contributed by atoms with Gasteiger partial charge in [-0.25, -0.2) is 0 Å². The van der Waals surface area contributed by atoms with Crippen LogP contribution in [-0.4, -0.2) is 48.8 Å². The quantitative estimate of drug-likeness (QED) is 0.901. The van der Waals surface area contributed by atoms with Crippen molar-refractivity contribution in [1.29, 1.82) is 0 Å². The van der Waals surface area contributed by atoms with E-state index >= 15 is 0 Å². The van der Waals surface area contributed by atoms with Gasteiger partial charge in [0.2, 0.25) is 0 Å². The minimum absolute atomic E-state index is 0.0312. The Morgan fingerprint density at radius 1 is 1.32 bits per heavy atom. The van der Waals surface area contributed by atoms with Crippen molar-refractivity contribution in [3.05, 3.63) is 34.3 Å². The molecular formula is C14H18BrNO3. The van der Waals surface area contributed by atoms with E-state index < -0.39 is 5.97 Å². The second-order valence-electron chi connectivity index (χ2n) is 4.76. The summed E-state index contributed by atoms with van der Waals surface area (Å²) in [5.41, 5.74) is 1.08. The Hall–Kier alpha value is -0.910. The molecule has 1 aliphatic rings. The van der Waals surface area contributed by atoms with Crippen LogP contribution in [0.2, 0.25) is 0 Å². The van der Waals surface area contributed by atoms with Crippen LogP contribution in [0.5, 0.6) is 0 Å². The van der Waals surface area contributed by atoms with Crippen molar-refractivity contribution in [3.8, 4) is 0 Å². The van der Waals surface area contributed by atoms with Gasteiger partial charge in [-0.2, -0.15) is 0 Å². The maximum atomic E-state index is 11.0. The number of ether oxygens (including phenoxy) is 1. The Kier molecular flexibility index (Phi) is 5.36. The van der Waals surface area contributed by atoms with Gasteiger partial charge in [-0.05, 0) is 17.7 Å². The molecule has 1 aromatic carbocycles. The third-order valence-electron chi connectivity index (χ3n) is 3.34. The van der Waals surface area contributed by atoms with E-state index in [0.29, 0.717) is 0 Å². The number of carboxylic acids is 1. The van der Waals surface area contributed by atoms with E-state index in [1.807, 2.05) is 24.3 Å². The summed E-state index contributed by atoms with van der Waals surface area (Å²) in [7, 11) is 0. The molecule has 0 radical (unpaired) electrons. The number of aliphatic carboxylic acids is 1. The van der Waals surface area contributed by atoms with E-state index in [2.05, 4.69) is 20.8 Å². The molecule has 1 atom stereocenters. The third-order valence-corrected chi connectivity index (χ3v) is 3.87. The van der Waals surface area contributed by atoms with Crippen LogP contribution in [0.15, 0.2) is 28.7 Å². The number of benzene rings is 1. The van der Waals surface area contributed by atoms with Crippen molar-refractivity contribution in [2.24, 2.45) is 0 Å². The maximum Gasteiger partial charge on any atom is 0.304 e. The summed E-state index contributed by atoms with van der Waals surface area (Å²) >= 11 is 3.40. The first kappa shape index (κ1) is 14.5. The van der Waals surface area contributed by atoms with E-state index in [1.165, 1.54) is 0 Å². The fourth-order valence-corrected chi connectivity index (χ4v) is 2.59. The molecule has 0 aliphatic carbocycles. The molecule has 104 valence electrons. The highest BCUT2D eigenvalue weighted by atomic mass is 79.9. The number of nitrogens with zero attached hydrogens (tertiary/aromatic N) is 1. The average molecular weight is 328 g/mol. The normalized spacial score (nSPS) is 18.2. The van der Waals surface area contributed by atoms with E-state index in [0.717, 1.165) is 42.9 Å². The predicted molar refractivity (Wildman–Crippen MR) is 76.4 cm³/mol. The van der Waals surface area contributed by atoms with Crippen molar-refractivity contribution < 1.29 is 14.6 Å². The van der Waals surface area contributed by atoms with Crippen LogP contribution in [0, 0.1) is 0 Å². The fraction of sp³-hybridized carbons (Fsp3) is 0.500. The van der Waals surface area contributed by atoms with Crippen LogP contribution in [0.1, 0.15) is 17.9 Å². The lowest BCUT2D eigenvalue weighted by molar-refractivity contribution is -0.137. The van der Waals surface area contributed by atoms with Gasteiger partial charge in [0, 0.05) is 30.0 Å². The summed E-state index contributed by atoms with van der Waals surface area (Å²) in [6.07, 6.45) is 0.166. The Labute approximate surface area is 121 Å². The van der Waals surface area contributed by atoms with E-state index in [-0.39, 0.29) is 12.3 Å². The molecule has 1 fully saturated rings. The Balaban J connectivity index is 2.06. The van der Waals surface area contributed by atoms with Crippen LogP contribution < -0.4 is 0 Å². The van der Waals surface area contributed by atoms with Gasteiger partial charge in [0.15, 0.2) is 0 Å². The van der Waals surface area contributed by atoms with Crippen LogP contribution in [-0.2, 0) is 9.53 Å². The van der Waals surface area contributed by atoms with Crippen LogP contribution in [0.4, 0.5) is 0 Å². The lowest BCUT2D eigenvalue weighted by atomic mass is 9.95. The zero-order chi connectivity index (χ0) is 13.7. The first-order chi connectivity index (χ1) is 9.15. The van der Waals surface area contributed by atoms with Crippen LogP contribution in [0.25, 0.3) is 0 Å². The Bertz CT molecular complexity index is 415. The van der Waals surface area contributed by atoms with Crippen molar-refractivity contribution in [2.45, 2.75) is 12.3 Å². The number of morpholine rings is 1. The molecule has 0 bridgehead atoms. The third kappa shape index (κ3) is 4.60. The van der Waals surface area contributed by atoms with Gasteiger partial charge in [-0.1, -0.05) is 28.1 Å². The Morgan fingerprint density at radius 2 is 1.95 bits per heavy atom. The van der Waals surface area contributed by atoms with Crippen molar-refractivity contribution in [3.63, 3.8) is 0 Å². The van der Waals surface area contributed by atoms with E-state index in [4.69, 9.17) is 9.84 Å². The lowest BCUT2D eigenvalue weighted by Gasteiger charge is -2.30. The van der Waals surface area contributed by atoms with Gasteiger partial charge >= 0.3 is 5.97 Å². The maximum absolute atomic E-state index is 11.0. The highest BCUT2D eigenvalue weighted by Crippen LogP contribution is 2.23. The zero-order valence-electron chi connectivity index (χ0n) is 10.7. The Morgan fingerprint density at radius 3 is 2.53 bits per heavy atom. The second-order valence-corrected chi connectivity index (χ2v) is 5.67. The molecule has 1 aromatic rings. The smallest absolute Gasteiger partial charge is 0.304 e. The fourth-order valence-electron chi connectivity index (χ4n) is 2.33. The number of hydrogen-bond donors (Lipinski definition) is 1. The molecular weight excluding hydrogens is 310 g/mol. The molecule has 0 amide bonds. The molecule has 0 saturated carbocycles. The lowest BCUT2D eigenvalue weighted by Crippen LogP contribution is -2.39. The van der Waals surface area contributed by atoms with Gasteiger partial charge < -0.3 is 9.84 Å². The standard InChI is InChI=1S/C14H18BrNO3/c15-13-3-1-11(2-4-13)12(9-14(17)18)10-16-5-7-19-8-6-16/h1-4,12H,5-10H2,(H,17,18). The topological polar surface area (TPSA) is 49.8 Å². The summed E-state index contributed by atoms with van der Waals surface area (Å²) < 4.78 is 6.33. The molecule has 1 N–H and O–H groups in total. The van der Waals surface area contributed by atoms with Crippen molar-refractivity contribution >= 4 is 21.9 Å². The van der Waals surface area contributed by atoms with Gasteiger partial charge in [0.05, 0.1) is 19.6 Å². The molecule has 1 aliphatic heterocycles. The number of halogens is 1. The molecule has 0 spiro atoms. The van der Waals surface area contributed by atoms with Crippen molar-refractivity contribution in [1.82, 2.24) is 4.90 Å². The minimum atomic E-state index is -0.749. The highest BCUT2D eigenvalue weighted by molar-refractivity contribution is 9.10. The number of hydrogen-bond acceptors (Lipinski definition) is 3. The van der Waals surface area contributed by atoms with Gasteiger partial charge in [-0.3, -0.25) is 9.69 Å². The van der Waals surface area contributed by atoms with Gasteiger partial charge in [0.1, 0.15) is 0 Å². The zero-order valence-corrected chi connectivity index (χ0v) is 12.3. The van der Waals surface area contributed by atoms with Gasteiger partial charge in [0.25, 0.3) is 0 Å². The molecule has 2 rings (SSSR count). The first-order valence-corrected chi connectivity index (χ1v) is 7.22. The highest BCUT2D eigenvalue weighted by Gasteiger charge is 2.20. The predicted octanol–water partition coefficient (Wildman–Crippen LogP) is 2.34. The molecule has 1 saturated heterocycles. The molecule has 1 heterocycles. The molecule has 4 nitrogen and oxygen atoms in total. The number of rotatable bonds is 5. The van der Waals surface area contributed by atoms with E-state index in [1.54, 1.807) is 0 Å². The molecule has 1 unspecified atom stereocenters. The molecule has 5 heteroatoms. The SMILES string of the molecule is O=C(O)CC(CN1CCOCC1)c1ccc(Br)cc1. The number of carboxylic acid groups (broad SMARTS) is 1. The number of carbonyl (C=O) groups is 1. The summed E-state index contributed by atoms with van der Waals surface area (Å²) in [4.78, 5) is 13.3. The second kappa shape index (κ2) is 7.03. The van der Waals surface area contributed by atoms with Crippen molar-refractivity contribution in [2.75, 3.05) is 32.8 Å². The van der Waals surface area contributed by atoms with Crippen LogP contribution >= 0.6 is 15.9 Å². The monoisotopic (exact) mass is 327 g/mol. The minimum Gasteiger partial charge on any atom is -0.481 e. The van der Waals surface area contributed by atoms with Gasteiger partial charge in [-0.15, -0.1) is 0 Å². The largest absolute Gasteiger partial charge is 0.481 e. The van der Waals surface area contributed by atoms with Crippen LogP contribution in [0.3, 0.4) is 0 Å². The molecule has 0 aromatic heterocycles. The first-order valence-electron chi connectivity index (χ1n) is 6.42. The average Bonchev–Trinajstić information content (AvgIpc) is 2.39. The van der Waals surface area contributed by atoms with E-state index in [9.17, 15) is 4.79 Å². The summed E-state index contributed by atoms with van der Waals surface area (Å²) in [6.45, 7) is 4.01. The summed E-state index contributed by atoms with van der Waals surface area (Å²) in [6, 6.07) is 7.92.